The van der Waals surface area contributed by atoms with Gasteiger partial charge < -0.3 is 11.1 Å². The Labute approximate surface area is 98.3 Å². The molecule has 0 atom stereocenters. The lowest BCUT2D eigenvalue weighted by atomic mass is 10.2. The summed E-state index contributed by atoms with van der Waals surface area (Å²) in [6, 6.07) is 1.75. The van der Waals surface area contributed by atoms with E-state index in [2.05, 4.69) is 20.5 Å². The van der Waals surface area contributed by atoms with E-state index < -0.39 is 0 Å². The molecule has 0 aliphatic rings. The standard InChI is InChI=1S/C11H13N5O/c1-6-3-8(12)4-13-10(6)15-11(17)9-5-14-16-7(9)2/h3-5H,12H2,1-2H3,(H,14,16)(H,13,15,17). The van der Waals surface area contributed by atoms with Gasteiger partial charge in [-0.05, 0) is 25.5 Å². The van der Waals surface area contributed by atoms with Gasteiger partial charge in [-0.25, -0.2) is 4.98 Å². The highest BCUT2D eigenvalue weighted by Gasteiger charge is 2.12. The first-order valence-electron chi connectivity index (χ1n) is 5.11. The fourth-order valence-electron chi connectivity index (χ4n) is 1.48. The molecule has 6 heteroatoms. The lowest BCUT2D eigenvalue weighted by Crippen LogP contribution is -2.14. The molecule has 2 heterocycles. The lowest BCUT2D eigenvalue weighted by Gasteiger charge is -2.07. The van der Waals surface area contributed by atoms with Crippen LogP contribution >= 0.6 is 0 Å². The summed E-state index contributed by atoms with van der Waals surface area (Å²) in [5, 5.41) is 9.22. The Kier molecular flexibility index (Phi) is 2.78. The number of hydrogen-bond donors (Lipinski definition) is 3. The average molecular weight is 231 g/mol. The number of nitrogens with one attached hydrogen (secondary N) is 2. The summed E-state index contributed by atoms with van der Waals surface area (Å²) in [4.78, 5) is 16.0. The topological polar surface area (TPSA) is 96.7 Å². The van der Waals surface area contributed by atoms with Crippen LogP contribution in [-0.2, 0) is 0 Å². The van der Waals surface area contributed by atoms with Crippen molar-refractivity contribution < 1.29 is 4.79 Å². The monoisotopic (exact) mass is 231 g/mol. The Morgan fingerprint density at radius 1 is 1.41 bits per heavy atom. The zero-order valence-electron chi connectivity index (χ0n) is 9.61. The fraction of sp³-hybridized carbons (Fsp3) is 0.182. The van der Waals surface area contributed by atoms with Gasteiger partial charge in [0.15, 0.2) is 0 Å². The minimum absolute atomic E-state index is 0.239. The molecule has 17 heavy (non-hydrogen) atoms. The number of nitrogens with zero attached hydrogens (tertiary/aromatic N) is 2. The lowest BCUT2D eigenvalue weighted by molar-refractivity contribution is 0.102. The van der Waals surface area contributed by atoms with Gasteiger partial charge in [-0.3, -0.25) is 9.89 Å². The number of pyridine rings is 1. The first-order chi connectivity index (χ1) is 8.08. The van der Waals surface area contributed by atoms with Crippen LogP contribution in [-0.4, -0.2) is 21.1 Å². The maximum Gasteiger partial charge on any atom is 0.260 e. The predicted molar refractivity (Wildman–Crippen MR) is 64.7 cm³/mol. The van der Waals surface area contributed by atoms with Crippen LogP contribution in [0.1, 0.15) is 21.6 Å². The van der Waals surface area contributed by atoms with E-state index in [0.717, 1.165) is 11.3 Å². The van der Waals surface area contributed by atoms with E-state index in [1.807, 2.05) is 6.92 Å². The van der Waals surface area contributed by atoms with E-state index in [1.54, 1.807) is 13.0 Å². The molecule has 0 aromatic carbocycles. The second kappa shape index (κ2) is 4.25. The van der Waals surface area contributed by atoms with E-state index in [9.17, 15) is 4.79 Å². The molecule has 2 aromatic rings. The maximum absolute atomic E-state index is 11.9. The summed E-state index contributed by atoms with van der Waals surface area (Å²) in [7, 11) is 0. The van der Waals surface area contributed by atoms with Crippen molar-refractivity contribution in [3.8, 4) is 0 Å². The Morgan fingerprint density at radius 2 is 2.18 bits per heavy atom. The van der Waals surface area contributed by atoms with Crippen LogP contribution in [0.2, 0.25) is 0 Å². The Morgan fingerprint density at radius 3 is 2.76 bits per heavy atom. The van der Waals surface area contributed by atoms with Crippen LogP contribution in [0.25, 0.3) is 0 Å². The van der Waals surface area contributed by atoms with Gasteiger partial charge in [0, 0.05) is 5.69 Å². The molecular formula is C11H13N5O. The second-order valence-corrected chi connectivity index (χ2v) is 3.80. The van der Waals surface area contributed by atoms with Crippen molar-refractivity contribution in [3.63, 3.8) is 0 Å². The summed E-state index contributed by atoms with van der Waals surface area (Å²) >= 11 is 0. The number of rotatable bonds is 2. The number of amides is 1. The summed E-state index contributed by atoms with van der Waals surface area (Å²) in [5.41, 5.74) is 8.20. The van der Waals surface area contributed by atoms with Crippen molar-refractivity contribution in [3.05, 3.63) is 35.3 Å². The van der Waals surface area contributed by atoms with Gasteiger partial charge in [-0.2, -0.15) is 5.10 Å². The molecule has 0 bridgehead atoms. The minimum Gasteiger partial charge on any atom is -0.397 e. The summed E-state index contributed by atoms with van der Waals surface area (Å²) < 4.78 is 0. The first-order valence-corrected chi connectivity index (χ1v) is 5.11. The average Bonchev–Trinajstić information content (AvgIpc) is 2.68. The number of carbonyl (C=O) groups is 1. The van der Waals surface area contributed by atoms with E-state index in [1.165, 1.54) is 12.4 Å². The van der Waals surface area contributed by atoms with Crippen LogP contribution in [0.15, 0.2) is 18.5 Å². The van der Waals surface area contributed by atoms with Gasteiger partial charge in [-0.1, -0.05) is 0 Å². The number of nitrogens with two attached hydrogens (primary N) is 1. The molecular weight excluding hydrogens is 218 g/mol. The van der Waals surface area contributed by atoms with E-state index in [-0.39, 0.29) is 5.91 Å². The molecule has 1 amide bonds. The summed E-state index contributed by atoms with van der Waals surface area (Å²) in [6.07, 6.45) is 2.99. The van der Waals surface area contributed by atoms with Crippen LogP contribution in [0.3, 0.4) is 0 Å². The van der Waals surface area contributed by atoms with Crippen molar-refractivity contribution in [1.29, 1.82) is 0 Å². The molecule has 0 saturated carbocycles. The number of anilines is 2. The largest absolute Gasteiger partial charge is 0.397 e. The normalized spacial score (nSPS) is 10.2. The van der Waals surface area contributed by atoms with Gasteiger partial charge in [0.05, 0.1) is 23.6 Å². The summed E-state index contributed by atoms with van der Waals surface area (Å²) in [6.45, 7) is 3.62. The predicted octanol–water partition coefficient (Wildman–Crippen LogP) is 1.26. The Bertz CT molecular complexity index is 561. The number of aromatic nitrogens is 3. The van der Waals surface area contributed by atoms with Crippen molar-refractivity contribution >= 4 is 17.4 Å². The van der Waals surface area contributed by atoms with Crippen LogP contribution < -0.4 is 11.1 Å². The quantitative estimate of drug-likeness (QED) is 0.724. The second-order valence-electron chi connectivity index (χ2n) is 3.80. The molecule has 0 fully saturated rings. The number of nitrogen functional groups attached to an aromatic ring is 1. The molecule has 0 saturated heterocycles. The SMILES string of the molecule is Cc1cc(N)cnc1NC(=O)c1cn[nH]c1C. The van der Waals surface area contributed by atoms with Crippen LogP contribution in [0.4, 0.5) is 11.5 Å². The molecule has 6 nitrogen and oxygen atoms in total. The molecule has 0 radical (unpaired) electrons. The van der Waals surface area contributed by atoms with Crippen molar-refractivity contribution in [1.82, 2.24) is 15.2 Å². The van der Waals surface area contributed by atoms with Gasteiger partial charge in [0.25, 0.3) is 5.91 Å². The molecule has 4 N–H and O–H groups in total. The minimum atomic E-state index is -0.239. The fourth-order valence-corrected chi connectivity index (χ4v) is 1.48. The third-order valence-corrected chi connectivity index (χ3v) is 2.41. The van der Waals surface area contributed by atoms with E-state index >= 15 is 0 Å². The zero-order valence-corrected chi connectivity index (χ0v) is 9.61. The highest BCUT2D eigenvalue weighted by molar-refractivity contribution is 6.04. The highest BCUT2D eigenvalue weighted by Crippen LogP contribution is 2.15. The zero-order chi connectivity index (χ0) is 12.4. The number of carbonyl (C=O) groups excluding carboxylic acids is 1. The third-order valence-electron chi connectivity index (χ3n) is 2.41. The van der Waals surface area contributed by atoms with Gasteiger partial charge in [0.2, 0.25) is 0 Å². The van der Waals surface area contributed by atoms with Crippen LogP contribution in [0.5, 0.6) is 0 Å². The number of aryl methyl sites for hydroxylation is 2. The van der Waals surface area contributed by atoms with Crippen LogP contribution in [0, 0.1) is 13.8 Å². The highest BCUT2D eigenvalue weighted by atomic mass is 16.1. The Hall–Kier alpha value is -2.37. The maximum atomic E-state index is 11.9. The summed E-state index contributed by atoms with van der Waals surface area (Å²) in [5.74, 6) is 0.265. The van der Waals surface area contributed by atoms with Crippen molar-refractivity contribution in [2.75, 3.05) is 11.1 Å². The molecule has 2 rings (SSSR count). The number of hydrogen-bond acceptors (Lipinski definition) is 4. The third kappa shape index (κ3) is 2.25. The van der Waals surface area contributed by atoms with E-state index in [0.29, 0.717) is 17.1 Å². The van der Waals surface area contributed by atoms with Crippen molar-refractivity contribution in [2.45, 2.75) is 13.8 Å². The van der Waals surface area contributed by atoms with Crippen molar-refractivity contribution in [2.24, 2.45) is 0 Å². The number of H-pyrrole nitrogens is 1. The smallest absolute Gasteiger partial charge is 0.260 e. The van der Waals surface area contributed by atoms with Gasteiger partial charge >= 0.3 is 0 Å². The molecule has 0 aliphatic carbocycles. The molecule has 88 valence electrons. The number of aromatic amines is 1. The molecule has 0 spiro atoms. The first kappa shape index (κ1) is 11.1. The molecule has 2 aromatic heterocycles. The van der Waals surface area contributed by atoms with Gasteiger partial charge in [0.1, 0.15) is 5.82 Å². The molecule has 0 unspecified atom stereocenters. The van der Waals surface area contributed by atoms with E-state index in [4.69, 9.17) is 5.73 Å². The molecule has 0 aliphatic heterocycles. The van der Waals surface area contributed by atoms with Gasteiger partial charge in [-0.15, -0.1) is 0 Å². The Balaban J connectivity index is 2.22.